The Morgan fingerprint density at radius 1 is 1.43 bits per heavy atom. The molecule has 0 aliphatic carbocycles. The molecule has 21 heavy (non-hydrogen) atoms. The average Bonchev–Trinajstić information content (AvgIpc) is 2.53. The van der Waals surface area contributed by atoms with Gasteiger partial charge in [-0.05, 0) is 25.0 Å². The molecule has 3 N–H and O–H groups in total. The molecule has 1 amide bonds. The van der Waals surface area contributed by atoms with E-state index < -0.39 is 5.97 Å². The molecule has 0 saturated carbocycles. The van der Waals surface area contributed by atoms with E-state index in [1.165, 1.54) is 7.11 Å². The minimum atomic E-state index is -0.450. The van der Waals surface area contributed by atoms with Gasteiger partial charge in [0.15, 0.2) is 0 Å². The Balaban J connectivity index is 2.25. The number of nitrogens with zero attached hydrogens (tertiary/aromatic N) is 1. The number of piperidine rings is 1. The molecule has 1 atom stereocenters. The van der Waals surface area contributed by atoms with Crippen molar-refractivity contribution in [2.45, 2.75) is 12.8 Å². The highest BCUT2D eigenvalue weighted by Gasteiger charge is 2.27. The fourth-order valence-corrected chi connectivity index (χ4v) is 2.73. The lowest BCUT2D eigenvalue weighted by Gasteiger charge is -2.34. The Morgan fingerprint density at radius 3 is 2.86 bits per heavy atom. The van der Waals surface area contributed by atoms with E-state index >= 15 is 0 Å². The fraction of sp³-hybridized carbons (Fsp3) is 0.467. The molecule has 0 aromatic heterocycles. The molecule has 0 spiro atoms. The molecule has 1 fully saturated rings. The Hall–Kier alpha value is -2.24. The number of esters is 1. The lowest BCUT2D eigenvalue weighted by atomic mass is 9.96. The van der Waals surface area contributed by atoms with Gasteiger partial charge in [-0.2, -0.15) is 0 Å². The number of methoxy groups -OCH3 is 1. The van der Waals surface area contributed by atoms with Crippen LogP contribution in [0.3, 0.4) is 0 Å². The van der Waals surface area contributed by atoms with Crippen LogP contribution in [0.1, 0.15) is 23.2 Å². The Morgan fingerprint density at radius 2 is 2.19 bits per heavy atom. The number of amides is 1. The minimum absolute atomic E-state index is 0.0439. The summed E-state index contributed by atoms with van der Waals surface area (Å²) in [6.07, 6.45) is 1.78. The summed E-state index contributed by atoms with van der Waals surface area (Å²) in [5.74, 6) is -0.457. The zero-order chi connectivity index (χ0) is 15.4. The van der Waals surface area contributed by atoms with E-state index in [0.29, 0.717) is 17.8 Å². The highest BCUT2D eigenvalue weighted by atomic mass is 16.5. The summed E-state index contributed by atoms with van der Waals surface area (Å²) in [5, 5.41) is 2.69. The number of carbonyl (C=O) groups is 2. The molecular formula is C15H21N3O3. The molecule has 114 valence electrons. The smallest absolute Gasteiger partial charge is 0.340 e. The van der Waals surface area contributed by atoms with Crippen LogP contribution in [0.15, 0.2) is 18.2 Å². The molecule has 1 heterocycles. The van der Waals surface area contributed by atoms with Crippen LogP contribution in [0, 0.1) is 5.92 Å². The van der Waals surface area contributed by atoms with E-state index in [4.69, 9.17) is 10.5 Å². The summed E-state index contributed by atoms with van der Waals surface area (Å²) in [7, 11) is 2.98. The highest BCUT2D eigenvalue weighted by Crippen LogP contribution is 2.30. The van der Waals surface area contributed by atoms with Crippen molar-refractivity contribution in [3.8, 4) is 0 Å². The van der Waals surface area contributed by atoms with E-state index in [2.05, 4.69) is 10.2 Å². The number of para-hydroxylation sites is 1. The second-order valence-electron chi connectivity index (χ2n) is 5.13. The predicted octanol–water partition coefficient (Wildman–Crippen LogP) is 1.02. The number of nitrogen functional groups attached to an aromatic ring is 1. The molecule has 1 saturated heterocycles. The van der Waals surface area contributed by atoms with Gasteiger partial charge in [-0.25, -0.2) is 4.79 Å². The molecule has 1 aliphatic rings. The molecule has 2 rings (SSSR count). The van der Waals surface area contributed by atoms with Gasteiger partial charge in [0, 0.05) is 20.1 Å². The monoisotopic (exact) mass is 291 g/mol. The second kappa shape index (κ2) is 6.47. The van der Waals surface area contributed by atoms with Crippen molar-refractivity contribution in [2.75, 3.05) is 37.9 Å². The van der Waals surface area contributed by atoms with Crippen LogP contribution in [0.25, 0.3) is 0 Å². The number of benzene rings is 1. The number of carbonyl (C=O) groups excluding carboxylic acids is 2. The lowest BCUT2D eigenvalue weighted by molar-refractivity contribution is -0.124. The molecule has 1 aliphatic heterocycles. The van der Waals surface area contributed by atoms with Gasteiger partial charge in [-0.1, -0.05) is 6.07 Å². The van der Waals surface area contributed by atoms with E-state index in [-0.39, 0.29) is 11.8 Å². The van der Waals surface area contributed by atoms with Gasteiger partial charge in [-0.3, -0.25) is 4.79 Å². The normalized spacial score (nSPS) is 18.2. The van der Waals surface area contributed by atoms with Gasteiger partial charge >= 0.3 is 5.97 Å². The number of hydrogen-bond acceptors (Lipinski definition) is 5. The lowest BCUT2D eigenvalue weighted by Crippen LogP contribution is -2.42. The molecule has 1 unspecified atom stereocenters. The van der Waals surface area contributed by atoms with Crippen molar-refractivity contribution in [1.82, 2.24) is 5.32 Å². The van der Waals surface area contributed by atoms with E-state index in [1.54, 1.807) is 19.2 Å². The fourth-order valence-electron chi connectivity index (χ4n) is 2.73. The zero-order valence-electron chi connectivity index (χ0n) is 12.4. The van der Waals surface area contributed by atoms with Crippen LogP contribution in [-0.2, 0) is 9.53 Å². The third-order valence-corrected chi connectivity index (χ3v) is 3.87. The molecule has 6 nitrogen and oxygen atoms in total. The first kappa shape index (κ1) is 15.2. The van der Waals surface area contributed by atoms with Gasteiger partial charge in [0.05, 0.1) is 30.0 Å². The number of hydrogen-bond donors (Lipinski definition) is 2. The van der Waals surface area contributed by atoms with E-state index in [1.807, 2.05) is 6.07 Å². The third-order valence-electron chi connectivity index (χ3n) is 3.87. The zero-order valence-corrected chi connectivity index (χ0v) is 12.4. The predicted molar refractivity (Wildman–Crippen MR) is 81.2 cm³/mol. The van der Waals surface area contributed by atoms with Crippen molar-refractivity contribution in [2.24, 2.45) is 5.92 Å². The second-order valence-corrected chi connectivity index (χ2v) is 5.13. The van der Waals surface area contributed by atoms with Gasteiger partial charge in [-0.15, -0.1) is 0 Å². The molecular weight excluding hydrogens is 270 g/mol. The number of ether oxygens (including phenoxy) is 1. The summed E-state index contributed by atoms with van der Waals surface area (Å²) >= 11 is 0. The summed E-state index contributed by atoms with van der Waals surface area (Å²) in [4.78, 5) is 25.6. The quantitative estimate of drug-likeness (QED) is 0.641. The van der Waals surface area contributed by atoms with Crippen molar-refractivity contribution in [1.29, 1.82) is 0 Å². The maximum Gasteiger partial charge on any atom is 0.340 e. The van der Waals surface area contributed by atoms with Crippen molar-refractivity contribution in [3.63, 3.8) is 0 Å². The number of anilines is 2. The first-order valence-electron chi connectivity index (χ1n) is 7.01. The van der Waals surface area contributed by atoms with Crippen LogP contribution >= 0.6 is 0 Å². The molecule has 0 bridgehead atoms. The van der Waals surface area contributed by atoms with Crippen LogP contribution in [0.5, 0.6) is 0 Å². The maximum absolute atomic E-state index is 11.8. The number of nitrogens with two attached hydrogens (primary N) is 1. The Labute approximate surface area is 124 Å². The summed E-state index contributed by atoms with van der Waals surface area (Å²) in [6, 6.07) is 5.29. The van der Waals surface area contributed by atoms with Crippen LogP contribution in [0.2, 0.25) is 0 Å². The van der Waals surface area contributed by atoms with Gasteiger partial charge < -0.3 is 20.7 Å². The van der Waals surface area contributed by atoms with Crippen LogP contribution in [0.4, 0.5) is 11.4 Å². The first-order chi connectivity index (χ1) is 10.1. The number of nitrogens with one attached hydrogen (secondary N) is 1. The van der Waals surface area contributed by atoms with Crippen molar-refractivity contribution >= 4 is 23.3 Å². The standard InChI is InChI=1S/C15H21N3O3/c1-17-14(19)10-5-4-8-18(9-10)12-7-3-6-11(13(12)16)15(20)21-2/h3,6-7,10H,4-5,8-9,16H2,1-2H3,(H,17,19). The highest BCUT2D eigenvalue weighted by molar-refractivity contribution is 5.98. The van der Waals surface area contributed by atoms with E-state index in [0.717, 1.165) is 25.1 Å². The molecule has 1 aromatic rings. The Kier molecular flexibility index (Phi) is 4.67. The van der Waals surface area contributed by atoms with Crippen LogP contribution in [-0.4, -0.2) is 39.1 Å². The summed E-state index contributed by atoms with van der Waals surface area (Å²) < 4.78 is 4.73. The van der Waals surface area contributed by atoms with Crippen LogP contribution < -0.4 is 16.0 Å². The largest absolute Gasteiger partial charge is 0.465 e. The minimum Gasteiger partial charge on any atom is -0.465 e. The summed E-state index contributed by atoms with van der Waals surface area (Å²) in [6.45, 7) is 1.43. The first-order valence-corrected chi connectivity index (χ1v) is 7.01. The SMILES string of the molecule is CNC(=O)C1CCCN(c2cccc(C(=O)OC)c2N)C1. The Bertz CT molecular complexity index is 545. The van der Waals surface area contributed by atoms with Gasteiger partial charge in [0.1, 0.15) is 0 Å². The molecule has 1 aromatic carbocycles. The maximum atomic E-state index is 11.8. The van der Waals surface area contributed by atoms with E-state index in [9.17, 15) is 9.59 Å². The molecule has 6 heteroatoms. The number of rotatable bonds is 3. The molecule has 0 radical (unpaired) electrons. The topological polar surface area (TPSA) is 84.7 Å². The van der Waals surface area contributed by atoms with Crippen molar-refractivity contribution < 1.29 is 14.3 Å². The van der Waals surface area contributed by atoms with Gasteiger partial charge in [0.2, 0.25) is 5.91 Å². The average molecular weight is 291 g/mol. The summed E-state index contributed by atoms with van der Waals surface area (Å²) in [5.41, 5.74) is 7.65. The third kappa shape index (κ3) is 3.09. The van der Waals surface area contributed by atoms with Crippen molar-refractivity contribution in [3.05, 3.63) is 23.8 Å². The van der Waals surface area contributed by atoms with Gasteiger partial charge in [0.25, 0.3) is 0 Å².